The van der Waals surface area contributed by atoms with Gasteiger partial charge in [-0.15, -0.1) is 0 Å². The van der Waals surface area contributed by atoms with E-state index in [9.17, 15) is 21.6 Å². The van der Waals surface area contributed by atoms with Gasteiger partial charge in [0.15, 0.2) is 9.84 Å². The van der Waals surface area contributed by atoms with Crippen LogP contribution in [-0.4, -0.2) is 40.8 Å². The second kappa shape index (κ2) is 9.06. The van der Waals surface area contributed by atoms with Gasteiger partial charge in [-0.3, -0.25) is 9.52 Å². The van der Waals surface area contributed by atoms with Gasteiger partial charge in [0.1, 0.15) is 0 Å². The van der Waals surface area contributed by atoms with Gasteiger partial charge < -0.3 is 5.32 Å². The van der Waals surface area contributed by atoms with Gasteiger partial charge in [0.25, 0.3) is 15.9 Å². The topological polar surface area (TPSA) is 109 Å². The second-order valence-corrected chi connectivity index (χ2v) is 11.1. The maximum Gasteiger partial charge on any atom is 0.261 e. The number of benzene rings is 2. The molecule has 0 atom stereocenters. The smallest absolute Gasteiger partial charge is 0.261 e. The van der Waals surface area contributed by atoms with Crippen molar-refractivity contribution in [3.63, 3.8) is 0 Å². The quantitative estimate of drug-likeness (QED) is 0.593. The maximum absolute atomic E-state index is 12.7. The minimum absolute atomic E-state index is 0.00319. The van der Waals surface area contributed by atoms with Crippen LogP contribution >= 0.6 is 15.9 Å². The fourth-order valence-corrected chi connectivity index (χ4v) is 4.59. The Hall–Kier alpha value is -1.91. The molecule has 0 aliphatic carbocycles. The molecule has 0 aliphatic rings. The maximum atomic E-state index is 12.7. The molecule has 2 rings (SSSR count). The first-order valence-electron chi connectivity index (χ1n) is 8.42. The third-order valence-electron chi connectivity index (χ3n) is 3.91. The summed E-state index contributed by atoms with van der Waals surface area (Å²) in [5, 5.41) is 2.49. The average Bonchev–Trinajstić information content (AvgIpc) is 2.64. The van der Waals surface area contributed by atoms with E-state index in [0.717, 1.165) is 5.56 Å². The summed E-state index contributed by atoms with van der Waals surface area (Å²) in [4.78, 5) is 12.2. The van der Waals surface area contributed by atoms with E-state index in [-0.39, 0.29) is 28.5 Å². The highest BCUT2D eigenvalue weighted by atomic mass is 79.9. The molecule has 0 aliphatic heterocycles. The summed E-state index contributed by atoms with van der Waals surface area (Å²) in [6, 6.07) is 10.8. The minimum Gasteiger partial charge on any atom is -0.351 e. The number of sulfonamides is 1. The molecule has 0 heterocycles. The number of halogens is 1. The Morgan fingerprint density at radius 1 is 1.07 bits per heavy atom. The Morgan fingerprint density at radius 3 is 2.46 bits per heavy atom. The highest BCUT2D eigenvalue weighted by Gasteiger charge is 2.18. The molecule has 0 unspecified atom stereocenters. The zero-order chi connectivity index (χ0) is 20.9. The van der Waals surface area contributed by atoms with Crippen LogP contribution < -0.4 is 10.0 Å². The van der Waals surface area contributed by atoms with Gasteiger partial charge >= 0.3 is 0 Å². The van der Waals surface area contributed by atoms with Crippen LogP contribution in [-0.2, 0) is 19.9 Å². The lowest BCUT2D eigenvalue weighted by Gasteiger charge is -2.12. The zero-order valence-corrected chi connectivity index (χ0v) is 18.6. The van der Waals surface area contributed by atoms with E-state index in [1.807, 2.05) is 13.0 Å². The molecular formula is C18H21BrN2O5S2. The van der Waals surface area contributed by atoms with E-state index in [2.05, 4.69) is 26.0 Å². The number of sulfone groups is 1. The summed E-state index contributed by atoms with van der Waals surface area (Å²) in [6.07, 6.45) is 0. The van der Waals surface area contributed by atoms with Crippen LogP contribution in [0.5, 0.6) is 0 Å². The lowest BCUT2D eigenvalue weighted by atomic mass is 10.2. The van der Waals surface area contributed by atoms with E-state index in [4.69, 9.17) is 0 Å². The zero-order valence-electron chi connectivity index (χ0n) is 15.4. The molecule has 2 aromatic carbocycles. The molecule has 7 nitrogen and oxygen atoms in total. The average molecular weight is 489 g/mol. The van der Waals surface area contributed by atoms with Crippen LogP contribution in [0.15, 0.2) is 51.8 Å². The van der Waals surface area contributed by atoms with Crippen molar-refractivity contribution in [2.24, 2.45) is 0 Å². The molecule has 28 heavy (non-hydrogen) atoms. The third kappa shape index (κ3) is 6.05. The predicted molar refractivity (Wildman–Crippen MR) is 113 cm³/mol. The molecule has 152 valence electrons. The summed E-state index contributed by atoms with van der Waals surface area (Å²) in [7, 11) is -7.11. The van der Waals surface area contributed by atoms with Gasteiger partial charge in [-0.05, 0) is 58.7 Å². The number of hydrogen-bond acceptors (Lipinski definition) is 5. The number of rotatable bonds is 8. The summed E-state index contributed by atoms with van der Waals surface area (Å²) < 4.78 is 51.4. The summed E-state index contributed by atoms with van der Waals surface area (Å²) in [6.45, 7) is 3.33. The second-order valence-electron chi connectivity index (χ2n) is 6.11. The molecule has 0 radical (unpaired) electrons. The number of anilines is 1. The van der Waals surface area contributed by atoms with Crippen molar-refractivity contribution in [3.05, 3.63) is 58.1 Å². The molecule has 0 aromatic heterocycles. The van der Waals surface area contributed by atoms with Gasteiger partial charge in [-0.25, -0.2) is 16.8 Å². The van der Waals surface area contributed by atoms with Crippen molar-refractivity contribution >= 4 is 47.4 Å². The van der Waals surface area contributed by atoms with Crippen LogP contribution in [0.25, 0.3) is 0 Å². The van der Waals surface area contributed by atoms with Crippen LogP contribution in [0, 0.1) is 6.92 Å². The number of hydrogen-bond donors (Lipinski definition) is 2. The monoisotopic (exact) mass is 488 g/mol. The van der Waals surface area contributed by atoms with E-state index < -0.39 is 25.8 Å². The Kier molecular flexibility index (Phi) is 7.24. The fourth-order valence-electron chi connectivity index (χ4n) is 2.29. The van der Waals surface area contributed by atoms with E-state index in [0.29, 0.717) is 10.2 Å². The molecule has 1 amide bonds. The van der Waals surface area contributed by atoms with Crippen molar-refractivity contribution in [3.8, 4) is 0 Å². The van der Waals surface area contributed by atoms with E-state index in [1.54, 1.807) is 12.1 Å². The third-order valence-corrected chi connectivity index (χ3v) is 7.67. The molecule has 0 saturated heterocycles. The van der Waals surface area contributed by atoms with E-state index in [1.165, 1.54) is 31.2 Å². The standard InChI is InChI=1S/C18H21BrN2O5S2/c1-3-27(23,24)10-9-20-18(22)14-5-4-6-15(12-14)28(25,26)21-17-11-13(2)7-8-16(17)19/h4-8,11-12,21H,3,9-10H2,1-2H3,(H,20,22). The number of carbonyl (C=O) groups is 1. The Balaban J connectivity index is 2.17. The van der Waals surface area contributed by atoms with Gasteiger partial charge in [0, 0.05) is 22.3 Å². The first-order chi connectivity index (χ1) is 13.0. The first-order valence-corrected chi connectivity index (χ1v) is 12.5. The van der Waals surface area contributed by atoms with Crippen molar-refractivity contribution in [1.82, 2.24) is 5.32 Å². The Morgan fingerprint density at radius 2 is 1.79 bits per heavy atom. The summed E-state index contributed by atoms with van der Waals surface area (Å²) in [5.41, 5.74) is 1.40. The van der Waals surface area contributed by atoms with Gasteiger partial charge in [-0.1, -0.05) is 19.1 Å². The molecule has 0 fully saturated rings. The Bertz CT molecular complexity index is 1080. The van der Waals surface area contributed by atoms with E-state index >= 15 is 0 Å². The van der Waals surface area contributed by atoms with Crippen molar-refractivity contribution in [2.45, 2.75) is 18.7 Å². The van der Waals surface area contributed by atoms with Crippen LogP contribution in [0.3, 0.4) is 0 Å². The fraction of sp³-hybridized carbons (Fsp3) is 0.278. The SMILES string of the molecule is CCS(=O)(=O)CCNC(=O)c1cccc(S(=O)(=O)Nc2cc(C)ccc2Br)c1. The predicted octanol–water partition coefficient (Wildman–Crippen LogP) is 2.72. The molecule has 2 aromatic rings. The number of aryl methyl sites for hydroxylation is 1. The minimum atomic E-state index is -3.91. The molecule has 10 heteroatoms. The first kappa shape index (κ1) is 22.4. The van der Waals surface area contributed by atoms with Crippen molar-refractivity contribution in [2.75, 3.05) is 22.8 Å². The summed E-state index contributed by atoms with van der Waals surface area (Å²) >= 11 is 3.30. The lowest BCUT2D eigenvalue weighted by molar-refractivity contribution is 0.0956. The van der Waals surface area contributed by atoms with Gasteiger partial charge in [-0.2, -0.15) is 0 Å². The normalized spacial score (nSPS) is 11.8. The molecule has 0 spiro atoms. The van der Waals surface area contributed by atoms with Crippen molar-refractivity contribution < 1.29 is 21.6 Å². The van der Waals surface area contributed by atoms with Crippen LogP contribution in [0.1, 0.15) is 22.8 Å². The molecule has 0 bridgehead atoms. The van der Waals surface area contributed by atoms with Gasteiger partial charge in [0.05, 0.1) is 16.3 Å². The molecular weight excluding hydrogens is 468 g/mol. The highest BCUT2D eigenvalue weighted by Crippen LogP contribution is 2.26. The molecule has 0 saturated carbocycles. The number of carbonyl (C=O) groups excluding carboxylic acids is 1. The van der Waals surface area contributed by atoms with Gasteiger partial charge in [0.2, 0.25) is 0 Å². The number of amides is 1. The largest absolute Gasteiger partial charge is 0.351 e. The number of nitrogens with one attached hydrogen (secondary N) is 2. The van der Waals surface area contributed by atoms with Crippen LogP contribution in [0.2, 0.25) is 0 Å². The molecule has 2 N–H and O–H groups in total. The highest BCUT2D eigenvalue weighted by molar-refractivity contribution is 9.10. The van der Waals surface area contributed by atoms with Crippen molar-refractivity contribution in [1.29, 1.82) is 0 Å². The lowest BCUT2D eigenvalue weighted by Crippen LogP contribution is -2.29. The van der Waals surface area contributed by atoms with Crippen LogP contribution in [0.4, 0.5) is 5.69 Å². The Labute approximate surface area is 173 Å². The summed E-state index contributed by atoms with van der Waals surface area (Å²) in [5.74, 6) is -0.715.